The number of carbonyl (C=O) groups excluding carboxylic acids is 6. The maximum Gasteiger partial charge on any atom is 0.408 e. The van der Waals surface area contributed by atoms with Gasteiger partial charge in [-0.1, -0.05) is 12.1 Å². The van der Waals surface area contributed by atoms with Gasteiger partial charge in [-0.15, -0.1) is 0 Å². The topological polar surface area (TPSA) is 344 Å². The number of phenolic OH excluding ortho intramolecular Hbond substituents is 1. The van der Waals surface area contributed by atoms with Crippen molar-refractivity contribution in [1.82, 2.24) is 40.9 Å². The molecule has 0 saturated carbocycles. The number of rotatable bonds is 16. The Hall–Kier alpha value is -8.90. The predicted octanol–water partition coefficient (Wildman–Crippen LogP) is 6.07. The van der Waals surface area contributed by atoms with Crippen LogP contribution in [-0.4, -0.2) is 207 Å². The average molecular weight is 1370 g/mol. The van der Waals surface area contributed by atoms with Gasteiger partial charge >= 0.3 is 12.2 Å². The lowest BCUT2D eigenvalue weighted by Crippen LogP contribution is -2.71. The number of ether oxygens (including phenoxy) is 10. The monoisotopic (exact) mass is 1370 g/mol. The van der Waals surface area contributed by atoms with Crippen LogP contribution in [0.3, 0.4) is 0 Å². The first-order valence-electron chi connectivity index (χ1n) is 33.1. The molecule has 0 aromatic heterocycles. The van der Waals surface area contributed by atoms with Gasteiger partial charge in [-0.2, -0.15) is 10.5 Å². The van der Waals surface area contributed by atoms with Gasteiger partial charge in [0.25, 0.3) is 0 Å². The van der Waals surface area contributed by atoms with Gasteiger partial charge < -0.3 is 78.8 Å². The number of methoxy groups -OCH3 is 4. The Bertz CT molecular complexity index is 3920. The van der Waals surface area contributed by atoms with Crippen LogP contribution in [0.25, 0.3) is 0 Å². The molecule has 534 valence electrons. The fourth-order valence-corrected chi connectivity index (χ4v) is 15.9. The molecule has 12 atom stereocenters. The van der Waals surface area contributed by atoms with Crippen molar-refractivity contribution in [3.05, 3.63) is 84.7 Å². The summed E-state index contributed by atoms with van der Waals surface area (Å²) >= 11 is 0. The van der Waals surface area contributed by atoms with E-state index in [1.54, 1.807) is 76.7 Å². The van der Waals surface area contributed by atoms with Crippen molar-refractivity contribution < 1.29 is 86.3 Å². The van der Waals surface area contributed by atoms with Gasteiger partial charge in [0.1, 0.15) is 46.9 Å². The number of aliphatic hydroxyl groups excluding tert-OH is 1. The van der Waals surface area contributed by atoms with Crippen LogP contribution in [0.5, 0.6) is 40.2 Å². The summed E-state index contributed by atoms with van der Waals surface area (Å²) in [5, 5.41) is 55.7. The molecule has 99 heavy (non-hydrogen) atoms. The molecule has 28 heteroatoms. The molecule has 2 saturated heterocycles. The number of alkyl carbamates (subject to hydrolysis) is 2. The number of piperazine rings is 2. The van der Waals surface area contributed by atoms with Crippen molar-refractivity contribution >= 4 is 35.6 Å². The van der Waals surface area contributed by atoms with Crippen LogP contribution in [0.15, 0.2) is 34.6 Å². The molecule has 3 aromatic carbocycles. The maximum absolute atomic E-state index is 13.7. The molecule has 4 amide bonds. The molecule has 7 aliphatic heterocycles. The second-order valence-corrected chi connectivity index (χ2v) is 28.4. The van der Waals surface area contributed by atoms with E-state index in [-0.39, 0.29) is 86.7 Å². The second kappa shape index (κ2) is 28.4. The molecular formula is C71H92N10O18. The van der Waals surface area contributed by atoms with Crippen LogP contribution in [-0.2, 0) is 57.4 Å². The van der Waals surface area contributed by atoms with Crippen LogP contribution in [0, 0.1) is 43.4 Å². The highest BCUT2D eigenvalue weighted by molar-refractivity contribution is 6.50. The molecule has 2 unspecified atom stereocenters. The van der Waals surface area contributed by atoms with Gasteiger partial charge in [0.15, 0.2) is 48.1 Å². The minimum Gasteiger partial charge on any atom is -0.507 e. The molecular weight excluding hydrogens is 1280 g/mol. The van der Waals surface area contributed by atoms with E-state index < -0.39 is 95.1 Å². The smallest absolute Gasteiger partial charge is 0.408 e. The third-order valence-electron chi connectivity index (χ3n) is 20.0. The highest BCUT2D eigenvalue weighted by Crippen LogP contribution is 2.59. The van der Waals surface area contributed by atoms with E-state index in [1.807, 2.05) is 38.9 Å². The number of nitrogens with zero attached hydrogens (tertiary/aromatic N) is 6. The minimum atomic E-state index is -1.01. The lowest BCUT2D eigenvalue weighted by atomic mass is 9.70. The highest BCUT2D eigenvalue weighted by atomic mass is 16.7. The number of ketones is 2. The van der Waals surface area contributed by atoms with Gasteiger partial charge in [0.2, 0.25) is 30.2 Å². The Labute approximate surface area is 576 Å². The zero-order valence-electron chi connectivity index (χ0n) is 59.6. The first-order valence-corrected chi connectivity index (χ1v) is 33.1. The number of hydrogen-bond donors (Lipinski definition) is 6. The van der Waals surface area contributed by atoms with E-state index in [1.165, 1.54) is 21.0 Å². The maximum atomic E-state index is 13.7. The molecule has 6 N–H and O–H groups in total. The van der Waals surface area contributed by atoms with Crippen molar-refractivity contribution in [2.24, 2.45) is 0 Å². The summed E-state index contributed by atoms with van der Waals surface area (Å²) in [6.07, 6.45) is 0.0636. The van der Waals surface area contributed by atoms with E-state index in [0.29, 0.717) is 76.0 Å². The zero-order valence-corrected chi connectivity index (χ0v) is 59.6. The lowest BCUT2D eigenvalue weighted by Gasteiger charge is -2.60. The van der Waals surface area contributed by atoms with E-state index in [0.717, 1.165) is 33.4 Å². The van der Waals surface area contributed by atoms with E-state index in [2.05, 4.69) is 54.2 Å². The summed E-state index contributed by atoms with van der Waals surface area (Å²) in [4.78, 5) is 87.0. The first kappa shape index (κ1) is 72.8. The second-order valence-electron chi connectivity index (χ2n) is 28.4. The number of aliphatic hydroxyl groups is 1. The standard InChI is InChI=1S/C36H47N5O9.C35H45N5O9/c1-17-10-20-11-22-24(13-37)41-23(28(40(22)7)26(20)32(30(17)46-9)47-15-45-8)12-21-27(33-31(48-16-49-33)18(2)29(21)42)25(41)14-38-34(43)19(3)39-35(44)50-36(4,5)6;1-16-10-19-11-21-23(13-36)40-22(27(39(21)7)25(19)32(31(16)47-9)48-15-46-8)12-20-26(30(43)29(42)17(2)28(20)41)24(40)14-37-33(44)18(3)38-34(45)49-35(4,5)6/h10,19,22-25,28,42H,11-12,14-16H2,1-9H3,(H,38,43)(H,39,44);10,18,21-24,27,41H,11-12,14-15H2,1-9H3,(H,37,44)(H,38,45)/t19-,22-,23?,24-,25-,28-;18-,21-,22?,23-,24-,27-/m00/s1. The Morgan fingerprint density at radius 3 is 1.52 bits per heavy atom. The molecule has 0 spiro atoms. The van der Waals surface area contributed by atoms with E-state index in [4.69, 9.17) is 47.4 Å². The molecule has 8 aliphatic rings. The van der Waals surface area contributed by atoms with Gasteiger partial charge in [-0.25, -0.2) is 9.59 Å². The van der Waals surface area contributed by atoms with Crippen molar-refractivity contribution in [3.63, 3.8) is 0 Å². The van der Waals surface area contributed by atoms with Crippen LogP contribution in [0.2, 0.25) is 0 Å². The fourth-order valence-electron chi connectivity index (χ4n) is 15.9. The largest absolute Gasteiger partial charge is 0.507 e. The van der Waals surface area contributed by atoms with Gasteiger partial charge in [-0.05, 0) is 145 Å². The van der Waals surface area contributed by atoms with Crippen molar-refractivity contribution in [3.8, 4) is 52.4 Å². The number of phenols is 1. The van der Waals surface area contributed by atoms with Gasteiger partial charge in [0.05, 0.1) is 50.5 Å². The minimum absolute atomic E-state index is 0.0117. The molecule has 7 heterocycles. The SMILES string of the molecule is COCOc1c(OC)c(C)cc2c1[C@@H]1C3CC4=C(C(=O)C(=O)C(C)=C4O)[C@H](CNC(=O)[C@H](C)NC(=O)OC(C)(C)C)N3[C@@H](C#N)[C@H](C2)N1C.COCOc1c(OC)c(C)cc2c1[C@@H]1C3Cc4c(O)c(C)c5c(c4[C@H](CNC(=O)[C@H](C)NC(=O)OC(C)(C)C)N3[C@@H](C#N)[C@H](C2)N1C)OCO5. The van der Waals surface area contributed by atoms with E-state index >= 15 is 0 Å². The van der Waals surface area contributed by atoms with Crippen LogP contribution >= 0.6 is 0 Å². The average Bonchev–Trinajstić information content (AvgIpc) is 1.13. The summed E-state index contributed by atoms with van der Waals surface area (Å²) in [5.74, 6) is 0.359. The number of carbonyl (C=O) groups is 6. The number of nitrogens with one attached hydrogen (secondary N) is 4. The van der Waals surface area contributed by atoms with E-state index in [9.17, 15) is 49.5 Å². The fraction of sp³-hybridized carbons (Fsp3) is 0.577. The van der Waals surface area contributed by atoms with Gasteiger partial charge in [0, 0.05) is 96.0 Å². The number of Topliss-reactive ketones (excluding diaryl/α,β-unsaturated/α-hetero) is 2. The molecule has 11 rings (SSSR count). The molecule has 0 radical (unpaired) electrons. The third-order valence-corrected chi connectivity index (χ3v) is 20.0. The number of aryl methyl sites for hydroxylation is 2. The summed E-state index contributed by atoms with van der Waals surface area (Å²) in [5.41, 5.74) is 6.28. The van der Waals surface area contributed by atoms with Crippen molar-refractivity contribution in [2.45, 2.75) is 192 Å². The molecule has 2 fully saturated rings. The van der Waals surface area contributed by atoms with Crippen LogP contribution in [0.1, 0.15) is 137 Å². The molecule has 4 bridgehead atoms. The Morgan fingerprint density at radius 1 is 0.626 bits per heavy atom. The highest BCUT2D eigenvalue weighted by Gasteiger charge is 2.60. The Morgan fingerprint density at radius 2 is 1.07 bits per heavy atom. The normalized spacial score (nSPS) is 25.0. The predicted molar refractivity (Wildman–Crippen MR) is 356 cm³/mol. The van der Waals surface area contributed by atoms with Crippen molar-refractivity contribution in [1.29, 1.82) is 10.5 Å². The summed E-state index contributed by atoms with van der Waals surface area (Å²) < 4.78 is 57.2. The number of allylic oxidation sites excluding steroid dienone is 2. The number of amides is 4. The number of fused-ring (bicyclic) bond motifs is 15. The van der Waals surface area contributed by atoms with Crippen LogP contribution in [0.4, 0.5) is 9.59 Å². The zero-order chi connectivity index (χ0) is 72.3. The van der Waals surface area contributed by atoms with Crippen molar-refractivity contribution in [2.75, 3.05) is 76.0 Å². The van der Waals surface area contributed by atoms with Crippen LogP contribution < -0.4 is 49.7 Å². The summed E-state index contributed by atoms with van der Waals surface area (Å²) in [6.45, 7) is 20.3. The number of benzene rings is 3. The summed E-state index contributed by atoms with van der Waals surface area (Å²) in [6, 6.07) is 2.23. The number of hydrogen-bond acceptors (Lipinski definition) is 24. The molecule has 28 nitrogen and oxygen atoms in total. The third kappa shape index (κ3) is 13.3. The summed E-state index contributed by atoms with van der Waals surface area (Å²) in [7, 11) is 10.2. The number of likely N-dealkylation sites (N-methyl/N-ethyl adjacent to an activating group) is 2. The Balaban J connectivity index is 0.000000214. The lowest BCUT2D eigenvalue weighted by molar-refractivity contribution is -0.134. The Kier molecular flexibility index (Phi) is 20.9. The first-order chi connectivity index (χ1) is 46.8. The number of nitriles is 2. The quantitative estimate of drug-likeness (QED) is 0.0538. The molecule has 1 aliphatic carbocycles. The number of aromatic hydroxyl groups is 1. The van der Waals surface area contributed by atoms with Gasteiger partial charge in [-0.3, -0.25) is 38.8 Å². The molecule has 3 aromatic rings.